The molecular weight excluding hydrogens is 352 g/mol. The third kappa shape index (κ3) is 6.76. The molecule has 0 radical (unpaired) electrons. The normalized spacial score (nSPS) is 12.3. The van der Waals surface area contributed by atoms with Crippen molar-refractivity contribution in [3.63, 3.8) is 0 Å². The van der Waals surface area contributed by atoms with Crippen molar-refractivity contribution in [1.29, 1.82) is 0 Å². The Hall–Kier alpha value is -2.75. The molecule has 1 aromatic carbocycles. The average Bonchev–Trinajstić information content (AvgIpc) is 2.64. The van der Waals surface area contributed by atoms with Crippen LogP contribution in [0, 0.1) is 0 Å². The van der Waals surface area contributed by atoms with E-state index in [2.05, 4.69) is 39.8 Å². The summed E-state index contributed by atoms with van der Waals surface area (Å²) in [5, 5.41) is 10.9. The SMILES string of the molecule is CC(C)=CCC/C(C)=C/CC/C(C)=C/COc1ccc2ccc(=O)oc2c1O. The zero-order valence-electron chi connectivity index (χ0n) is 17.2. The Labute approximate surface area is 166 Å². The number of hydrogen-bond acceptors (Lipinski definition) is 4. The van der Waals surface area contributed by atoms with Crippen LogP contribution >= 0.6 is 0 Å². The predicted octanol–water partition coefficient (Wildman–Crippen LogP) is 6.30. The lowest BCUT2D eigenvalue weighted by molar-refractivity contribution is 0.334. The van der Waals surface area contributed by atoms with Crippen LogP contribution in [0.2, 0.25) is 0 Å². The Balaban J connectivity index is 1.85. The molecule has 0 atom stereocenters. The molecule has 0 saturated heterocycles. The van der Waals surface area contributed by atoms with Crippen molar-refractivity contribution in [2.24, 2.45) is 0 Å². The molecule has 1 heterocycles. The Kier molecular flexibility index (Phi) is 8.12. The molecule has 0 spiro atoms. The van der Waals surface area contributed by atoms with Gasteiger partial charge in [0, 0.05) is 11.5 Å². The van der Waals surface area contributed by atoms with Crippen LogP contribution in [-0.2, 0) is 0 Å². The van der Waals surface area contributed by atoms with Gasteiger partial charge in [0.15, 0.2) is 11.3 Å². The van der Waals surface area contributed by atoms with Crippen LogP contribution < -0.4 is 10.4 Å². The maximum absolute atomic E-state index is 11.4. The maximum Gasteiger partial charge on any atom is 0.336 e. The summed E-state index contributed by atoms with van der Waals surface area (Å²) in [6.45, 7) is 8.87. The first-order chi connectivity index (χ1) is 13.4. The van der Waals surface area contributed by atoms with Crippen LogP contribution in [0.4, 0.5) is 0 Å². The van der Waals surface area contributed by atoms with Crippen LogP contribution in [0.1, 0.15) is 53.4 Å². The number of rotatable bonds is 9. The summed E-state index contributed by atoms with van der Waals surface area (Å²) >= 11 is 0. The van der Waals surface area contributed by atoms with E-state index in [0.717, 1.165) is 25.7 Å². The summed E-state index contributed by atoms with van der Waals surface area (Å²) < 4.78 is 10.7. The number of phenols is 1. The van der Waals surface area contributed by atoms with Crippen LogP contribution in [0.15, 0.2) is 68.4 Å². The van der Waals surface area contributed by atoms with Crippen molar-refractivity contribution in [3.8, 4) is 11.5 Å². The first kappa shape index (κ1) is 21.5. The van der Waals surface area contributed by atoms with E-state index >= 15 is 0 Å². The van der Waals surface area contributed by atoms with Crippen LogP contribution in [0.3, 0.4) is 0 Å². The molecule has 0 aliphatic heterocycles. The molecular formula is C24H30O4. The molecule has 0 aliphatic rings. The summed E-state index contributed by atoms with van der Waals surface area (Å²) in [5.74, 6) is 0.164. The lowest BCUT2D eigenvalue weighted by atomic mass is 10.1. The van der Waals surface area contributed by atoms with Gasteiger partial charge in [0.25, 0.3) is 0 Å². The van der Waals surface area contributed by atoms with E-state index in [9.17, 15) is 9.90 Å². The lowest BCUT2D eigenvalue weighted by Gasteiger charge is -2.08. The van der Waals surface area contributed by atoms with E-state index < -0.39 is 5.63 Å². The monoisotopic (exact) mass is 382 g/mol. The summed E-state index contributed by atoms with van der Waals surface area (Å²) in [4.78, 5) is 11.4. The molecule has 0 aliphatic carbocycles. The van der Waals surface area contributed by atoms with Gasteiger partial charge in [-0.2, -0.15) is 0 Å². The van der Waals surface area contributed by atoms with Crippen molar-refractivity contribution in [2.75, 3.05) is 6.61 Å². The molecule has 1 N–H and O–H groups in total. The Bertz CT molecular complexity index is 941. The first-order valence-electron chi connectivity index (χ1n) is 9.70. The van der Waals surface area contributed by atoms with E-state index in [1.54, 1.807) is 18.2 Å². The fourth-order valence-electron chi connectivity index (χ4n) is 2.83. The highest BCUT2D eigenvalue weighted by molar-refractivity contribution is 5.84. The topological polar surface area (TPSA) is 59.7 Å². The van der Waals surface area contributed by atoms with Gasteiger partial charge in [-0.15, -0.1) is 0 Å². The quantitative estimate of drug-likeness (QED) is 0.408. The second-order valence-electron chi connectivity index (χ2n) is 7.36. The van der Waals surface area contributed by atoms with Crippen LogP contribution in [0.25, 0.3) is 11.0 Å². The fraction of sp³-hybridized carbons (Fsp3) is 0.375. The van der Waals surface area contributed by atoms with Gasteiger partial charge in [-0.1, -0.05) is 28.9 Å². The van der Waals surface area contributed by atoms with E-state index in [4.69, 9.17) is 9.15 Å². The summed E-state index contributed by atoms with van der Waals surface area (Å²) in [7, 11) is 0. The molecule has 150 valence electrons. The molecule has 28 heavy (non-hydrogen) atoms. The number of phenolic OH excluding ortho intramolecular Hbond substituents is 1. The predicted molar refractivity (Wildman–Crippen MR) is 115 cm³/mol. The molecule has 1 aromatic heterocycles. The van der Waals surface area contributed by atoms with Crippen molar-refractivity contribution >= 4 is 11.0 Å². The van der Waals surface area contributed by atoms with Crippen molar-refractivity contribution in [2.45, 2.75) is 53.4 Å². The third-order valence-corrected chi connectivity index (χ3v) is 4.52. The molecule has 4 heteroatoms. The largest absolute Gasteiger partial charge is 0.502 e. The first-order valence-corrected chi connectivity index (χ1v) is 9.70. The minimum Gasteiger partial charge on any atom is -0.502 e. The number of benzene rings is 1. The standard InChI is InChI=1S/C24H30O4/c1-17(2)7-5-8-18(3)9-6-10-19(4)15-16-27-21-13-11-20-12-14-22(25)28-24(20)23(21)26/h7,9,11-15,26H,5-6,8,10,16H2,1-4H3/b18-9+,19-15+. The molecule has 2 aromatic rings. The summed E-state index contributed by atoms with van der Waals surface area (Å²) in [6.07, 6.45) is 10.8. The van der Waals surface area contributed by atoms with Crippen LogP contribution in [0.5, 0.6) is 11.5 Å². The molecule has 2 rings (SSSR count). The third-order valence-electron chi connectivity index (χ3n) is 4.52. The van der Waals surface area contributed by atoms with E-state index in [0.29, 0.717) is 17.7 Å². The molecule has 0 fully saturated rings. The van der Waals surface area contributed by atoms with Gasteiger partial charge < -0.3 is 14.3 Å². The second-order valence-corrected chi connectivity index (χ2v) is 7.36. The van der Waals surface area contributed by atoms with E-state index in [1.807, 2.05) is 6.08 Å². The lowest BCUT2D eigenvalue weighted by Crippen LogP contribution is -1.98. The average molecular weight is 383 g/mol. The molecule has 0 bridgehead atoms. The minimum atomic E-state index is -0.500. The van der Waals surface area contributed by atoms with E-state index in [1.165, 1.54) is 22.8 Å². The highest BCUT2D eigenvalue weighted by Crippen LogP contribution is 2.33. The molecule has 0 saturated carbocycles. The number of ether oxygens (including phenoxy) is 1. The Morgan fingerprint density at radius 3 is 2.32 bits per heavy atom. The highest BCUT2D eigenvalue weighted by atomic mass is 16.5. The van der Waals surface area contributed by atoms with Crippen molar-refractivity contribution < 1.29 is 14.3 Å². The molecule has 4 nitrogen and oxygen atoms in total. The molecule has 0 unspecified atom stereocenters. The highest BCUT2D eigenvalue weighted by Gasteiger charge is 2.10. The van der Waals surface area contributed by atoms with Gasteiger partial charge >= 0.3 is 5.63 Å². The van der Waals surface area contributed by atoms with Gasteiger partial charge in [0.1, 0.15) is 6.61 Å². The van der Waals surface area contributed by atoms with Gasteiger partial charge in [0.2, 0.25) is 5.75 Å². The van der Waals surface area contributed by atoms with Gasteiger partial charge in [-0.25, -0.2) is 4.79 Å². The maximum atomic E-state index is 11.4. The van der Waals surface area contributed by atoms with Crippen LogP contribution in [-0.4, -0.2) is 11.7 Å². The minimum absolute atomic E-state index is 0.142. The van der Waals surface area contributed by atoms with Gasteiger partial charge in [-0.3, -0.25) is 0 Å². The van der Waals surface area contributed by atoms with E-state index in [-0.39, 0.29) is 11.3 Å². The number of hydrogen-bond donors (Lipinski definition) is 1. The Morgan fingerprint density at radius 1 is 0.964 bits per heavy atom. The summed E-state index contributed by atoms with van der Waals surface area (Å²) in [5.41, 5.74) is 3.68. The fourth-order valence-corrected chi connectivity index (χ4v) is 2.83. The zero-order valence-corrected chi connectivity index (χ0v) is 17.2. The number of fused-ring (bicyclic) bond motifs is 1. The zero-order chi connectivity index (χ0) is 20.5. The van der Waals surface area contributed by atoms with Crippen molar-refractivity contribution in [3.05, 3.63) is 69.6 Å². The second kappa shape index (κ2) is 10.5. The van der Waals surface area contributed by atoms with Crippen molar-refractivity contribution in [1.82, 2.24) is 0 Å². The smallest absolute Gasteiger partial charge is 0.336 e. The molecule has 0 amide bonds. The van der Waals surface area contributed by atoms with Gasteiger partial charge in [0.05, 0.1) is 0 Å². The Morgan fingerprint density at radius 2 is 1.61 bits per heavy atom. The summed E-state index contributed by atoms with van der Waals surface area (Å²) in [6, 6.07) is 6.38. The number of aromatic hydroxyl groups is 1. The number of allylic oxidation sites excluding steroid dienone is 5. The van der Waals surface area contributed by atoms with Gasteiger partial charge in [-0.05, 0) is 77.7 Å².